The molecule has 0 aromatic rings. The SMILES string of the molecule is COC(=O)[C@@H]1[C@@H](C=C(C)C)C1(C)C. The molecule has 1 saturated carbocycles. The summed E-state index contributed by atoms with van der Waals surface area (Å²) in [6, 6.07) is 0. The van der Waals surface area contributed by atoms with Gasteiger partial charge in [-0.2, -0.15) is 0 Å². The quantitative estimate of drug-likeness (QED) is 0.484. The Morgan fingerprint density at radius 1 is 1.38 bits per heavy atom. The Morgan fingerprint density at radius 2 is 1.92 bits per heavy atom. The number of ether oxygens (including phenoxy) is 1. The van der Waals surface area contributed by atoms with Crippen molar-refractivity contribution in [3.8, 4) is 0 Å². The van der Waals surface area contributed by atoms with Gasteiger partial charge in [0.15, 0.2) is 0 Å². The molecule has 0 unspecified atom stereocenters. The second kappa shape index (κ2) is 3.17. The minimum Gasteiger partial charge on any atom is -0.469 e. The van der Waals surface area contributed by atoms with Gasteiger partial charge in [0, 0.05) is 0 Å². The normalized spacial score (nSPS) is 29.3. The van der Waals surface area contributed by atoms with Crippen LogP contribution in [0.2, 0.25) is 0 Å². The predicted molar refractivity (Wildman–Crippen MR) is 52.2 cm³/mol. The smallest absolute Gasteiger partial charge is 0.309 e. The first-order valence-corrected chi connectivity index (χ1v) is 4.64. The molecule has 1 rings (SSSR count). The van der Waals surface area contributed by atoms with E-state index in [1.54, 1.807) is 0 Å². The van der Waals surface area contributed by atoms with Crippen molar-refractivity contribution in [2.24, 2.45) is 17.3 Å². The van der Waals surface area contributed by atoms with Crippen molar-refractivity contribution in [2.75, 3.05) is 7.11 Å². The van der Waals surface area contributed by atoms with Crippen LogP contribution < -0.4 is 0 Å². The third-order valence-electron chi connectivity index (χ3n) is 2.88. The maximum absolute atomic E-state index is 11.3. The fourth-order valence-corrected chi connectivity index (χ4v) is 1.93. The summed E-state index contributed by atoms with van der Waals surface area (Å²) in [7, 11) is 1.45. The Balaban J connectivity index is 2.72. The second-order valence-electron chi connectivity index (χ2n) is 4.59. The second-order valence-corrected chi connectivity index (χ2v) is 4.59. The number of allylic oxidation sites excluding steroid dienone is 2. The minimum atomic E-state index is -0.0764. The van der Waals surface area contributed by atoms with Gasteiger partial charge in [0.1, 0.15) is 0 Å². The van der Waals surface area contributed by atoms with Crippen LogP contribution in [-0.4, -0.2) is 13.1 Å². The lowest BCUT2D eigenvalue weighted by atomic mass is 10.1. The van der Waals surface area contributed by atoms with Gasteiger partial charge in [-0.3, -0.25) is 4.79 Å². The van der Waals surface area contributed by atoms with E-state index in [4.69, 9.17) is 4.74 Å². The van der Waals surface area contributed by atoms with Crippen molar-refractivity contribution < 1.29 is 9.53 Å². The summed E-state index contributed by atoms with van der Waals surface area (Å²) in [6.07, 6.45) is 2.17. The number of methoxy groups -OCH3 is 1. The van der Waals surface area contributed by atoms with Crippen molar-refractivity contribution >= 4 is 5.97 Å². The number of hydrogen-bond donors (Lipinski definition) is 0. The molecule has 0 amide bonds. The highest BCUT2D eigenvalue weighted by molar-refractivity contribution is 5.78. The molecule has 0 heterocycles. The van der Waals surface area contributed by atoms with Gasteiger partial charge in [-0.15, -0.1) is 0 Å². The largest absolute Gasteiger partial charge is 0.469 e. The highest BCUT2D eigenvalue weighted by Crippen LogP contribution is 2.59. The van der Waals surface area contributed by atoms with Crippen LogP contribution in [0.15, 0.2) is 11.6 Å². The Morgan fingerprint density at radius 3 is 2.31 bits per heavy atom. The average molecular weight is 182 g/mol. The van der Waals surface area contributed by atoms with E-state index in [0.717, 1.165) is 0 Å². The maximum Gasteiger partial charge on any atom is 0.309 e. The van der Waals surface area contributed by atoms with Crippen LogP contribution >= 0.6 is 0 Å². The molecular formula is C11H18O2. The van der Waals surface area contributed by atoms with Crippen LogP contribution in [0.4, 0.5) is 0 Å². The summed E-state index contributed by atoms with van der Waals surface area (Å²) in [6.45, 7) is 8.34. The molecule has 0 aromatic carbocycles. The van der Waals surface area contributed by atoms with Gasteiger partial charge in [0.25, 0.3) is 0 Å². The van der Waals surface area contributed by atoms with Gasteiger partial charge in [0.2, 0.25) is 0 Å². The first-order chi connectivity index (χ1) is 5.91. The molecule has 13 heavy (non-hydrogen) atoms. The number of rotatable bonds is 2. The fraction of sp³-hybridized carbons (Fsp3) is 0.727. The lowest BCUT2D eigenvalue weighted by Gasteiger charge is -1.99. The zero-order chi connectivity index (χ0) is 10.2. The van der Waals surface area contributed by atoms with Crippen LogP contribution in [0.3, 0.4) is 0 Å². The van der Waals surface area contributed by atoms with Crippen molar-refractivity contribution in [3.05, 3.63) is 11.6 Å². The molecule has 0 aliphatic heterocycles. The number of carbonyl (C=O) groups is 1. The summed E-state index contributed by atoms with van der Waals surface area (Å²) in [5.41, 5.74) is 1.36. The zero-order valence-corrected chi connectivity index (χ0v) is 9.05. The van der Waals surface area contributed by atoms with E-state index in [-0.39, 0.29) is 17.3 Å². The summed E-state index contributed by atoms with van der Waals surface area (Å²) in [5.74, 6) is 0.352. The van der Waals surface area contributed by atoms with Crippen molar-refractivity contribution in [2.45, 2.75) is 27.7 Å². The molecule has 2 atom stereocenters. The third-order valence-corrected chi connectivity index (χ3v) is 2.88. The van der Waals surface area contributed by atoms with Gasteiger partial charge >= 0.3 is 5.97 Å². The van der Waals surface area contributed by atoms with E-state index in [2.05, 4.69) is 33.8 Å². The van der Waals surface area contributed by atoms with Crippen LogP contribution in [0.5, 0.6) is 0 Å². The molecule has 0 spiro atoms. The van der Waals surface area contributed by atoms with Gasteiger partial charge < -0.3 is 4.74 Å². The molecule has 2 heteroatoms. The average Bonchev–Trinajstić information content (AvgIpc) is 2.51. The summed E-state index contributed by atoms with van der Waals surface area (Å²) in [5, 5.41) is 0. The highest BCUT2D eigenvalue weighted by atomic mass is 16.5. The minimum absolute atomic E-state index is 0.0624. The topological polar surface area (TPSA) is 26.3 Å². The standard InChI is InChI=1S/C11H18O2/c1-7(2)6-8-9(10(12)13-5)11(8,3)4/h6,8-9H,1-5H3/t8-,9+/m1/s1. The van der Waals surface area contributed by atoms with Crippen LogP contribution in [0, 0.1) is 17.3 Å². The predicted octanol–water partition coefficient (Wildman–Crippen LogP) is 2.40. The Kier molecular flexibility index (Phi) is 2.51. The number of hydrogen-bond acceptors (Lipinski definition) is 2. The lowest BCUT2D eigenvalue weighted by Crippen LogP contribution is -2.07. The maximum atomic E-state index is 11.3. The van der Waals surface area contributed by atoms with E-state index in [9.17, 15) is 4.79 Å². The van der Waals surface area contributed by atoms with Crippen LogP contribution in [0.1, 0.15) is 27.7 Å². The number of carbonyl (C=O) groups excluding carboxylic acids is 1. The number of esters is 1. The molecule has 0 saturated heterocycles. The summed E-state index contributed by atoms with van der Waals surface area (Å²) >= 11 is 0. The van der Waals surface area contributed by atoms with Crippen LogP contribution in [0.25, 0.3) is 0 Å². The third kappa shape index (κ3) is 1.77. The van der Waals surface area contributed by atoms with E-state index < -0.39 is 0 Å². The Bertz CT molecular complexity index is 247. The molecule has 0 bridgehead atoms. The Hall–Kier alpha value is -0.790. The van der Waals surface area contributed by atoms with Crippen molar-refractivity contribution in [1.29, 1.82) is 0 Å². The van der Waals surface area contributed by atoms with Crippen molar-refractivity contribution in [3.63, 3.8) is 0 Å². The van der Waals surface area contributed by atoms with E-state index in [1.807, 2.05) is 0 Å². The fourth-order valence-electron chi connectivity index (χ4n) is 1.93. The summed E-state index contributed by atoms with van der Waals surface area (Å²) < 4.78 is 4.75. The van der Waals surface area contributed by atoms with Crippen molar-refractivity contribution in [1.82, 2.24) is 0 Å². The van der Waals surface area contributed by atoms with Gasteiger partial charge in [-0.25, -0.2) is 0 Å². The van der Waals surface area contributed by atoms with Crippen LogP contribution in [-0.2, 0) is 9.53 Å². The van der Waals surface area contributed by atoms with Gasteiger partial charge in [-0.05, 0) is 25.2 Å². The first kappa shape index (κ1) is 10.3. The molecule has 1 fully saturated rings. The highest BCUT2D eigenvalue weighted by Gasteiger charge is 2.61. The van der Waals surface area contributed by atoms with E-state index >= 15 is 0 Å². The summed E-state index contributed by atoms with van der Waals surface area (Å²) in [4.78, 5) is 11.3. The Labute approximate surface area is 80.0 Å². The molecule has 0 N–H and O–H groups in total. The monoisotopic (exact) mass is 182 g/mol. The van der Waals surface area contributed by atoms with Gasteiger partial charge in [-0.1, -0.05) is 25.5 Å². The molecule has 2 nitrogen and oxygen atoms in total. The lowest BCUT2D eigenvalue weighted by molar-refractivity contribution is -0.143. The molecule has 0 aromatic heterocycles. The molecular weight excluding hydrogens is 164 g/mol. The molecule has 1 aliphatic carbocycles. The molecule has 1 aliphatic rings. The first-order valence-electron chi connectivity index (χ1n) is 4.64. The molecule has 74 valence electrons. The van der Waals surface area contributed by atoms with E-state index in [0.29, 0.717) is 5.92 Å². The molecule has 0 radical (unpaired) electrons. The zero-order valence-electron chi connectivity index (χ0n) is 9.05. The van der Waals surface area contributed by atoms with E-state index in [1.165, 1.54) is 12.7 Å². The van der Waals surface area contributed by atoms with Gasteiger partial charge in [0.05, 0.1) is 13.0 Å².